The Bertz CT molecular complexity index is 2140. The number of unbranched alkanes of at least 4 members (excludes halogenated alkanes) is 13. The summed E-state index contributed by atoms with van der Waals surface area (Å²) in [7, 11) is -2.91. The van der Waals surface area contributed by atoms with Gasteiger partial charge in [0.25, 0.3) is 13.7 Å². The molecule has 1 aromatic carbocycles. The lowest BCUT2D eigenvalue weighted by Crippen LogP contribution is -2.52. The zero-order valence-electron chi connectivity index (χ0n) is 41.4. The Morgan fingerprint density at radius 3 is 2.10 bits per heavy atom. The van der Waals surface area contributed by atoms with E-state index in [-0.39, 0.29) is 81.4 Å². The van der Waals surface area contributed by atoms with Crippen LogP contribution in [0.1, 0.15) is 139 Å². The van der Waals surface area contributed by atoms with Crippen LogP contribution >= 0.6 is 7.82 Å². The second-order valence-corrected chi connectivity index (χ2v) is 18.6. The molecule has 71 heavy (non-hydrogen) atoms. The second-order valence-electron chi connectivity index (χ2n) is 17.2. The maximum absolute atomic E-state index is 13.0. The number of carbonyl (C=O) groups is 5. The molecule has 0 aliphatic rings. The highest BCUT2D eigenvalue weighted by molar-refractivity contribution is 7.45. The molecular formula is C47H76N11O12P. The molecule has 3 aromatic rings. The number of anilines is 3. The highest BCUT2D eigenvalue weighted by Gasteiger charge is 2.23. The molecule has 2 aromatic heterocycles. The van der Waals surface area contributed by atoms with E-state index in [0.717, 1.165) is 24.9 Å². The van der Waals surface area contributed by atoms with Gasteiger partial charge in [-0.1, -0.05) is 90.4 Å². The molecule has 1 unspecified atom stereocenters. The Labute approximate surface area is 416 Å². The number of aromatic nitrogens is 4. The molecule has 24 heteroatoms. The SMILES string of the molecule is CCCCCCCCCCCCCCCCC(=O)OC[C@@H](COP(=O)([O-])OCC[NH3+])OC(=O)CCNCCNC(=O)CC[C@H](NC(=O)c1ccc(N(C)Cc2cnc3nc(N)nc(N)c3n2)cc1)C(=O)O. The average Bonchev–Trinajstić information content (AvgIpc) is 3.34. The normalized spacial score (nSPS) is 13.0. The Balaban J connectivity index is 1.32. The number of carboxylic acids is 1. The first kappa shape index (κ1) is 59.7. The van der Waals surface area contributed by atoms with Gasteiger partial charge in [0, 0.05) is 50.8 Å². The molecule has 0 saturated heterocycles. The quantitative estimate of drug-likeness (QED) is 0.0245. The molecule has 0 fully saturated rings. The zero-order chi connectivity index (χ0) is 51.9. The second kappa shape index (κ2) is 33.9. The van der Waals surface area contributed by atoms with Crippen molar-refractivity contribution < 1.29 is 62.8 Å². The third-order valence-corrected chi connectivity index (χ3v) is 12.1. The predicted octanol–water partition coefficient (Wildman–Crippen LogP) is 3.35. The van der Waals surface area contributed by atoms with E-state index in [4.69, 9.17) is 25.5 Å². The number of hydrogen-bond donors (Lipinski definition) is 7. The predicted molar refractivity (Wildman–Crippen MR) is 264 cm³/mol. The lowest BCUT2D eigenvalue weighted by molar-refractivity contribution is -0.373. The van der Waals surface area contributed by atoms with Gasteiger partial charge in [-0.05, 0) is 37.1 Å². The molecule has 0 bridgehead atoms. The first-order valence-electron chi connectivity index (χ1n) is 24.7. The van der Waals surface area contributed by atoms with Gasteiger partial charge in [-0.3, -0.25) is 23.7 Å². The minimum atomic E-state index is -4.72. The molecule has 0 radical (unpaired) electrons. The van der Waals surface area contributed by atoms with Crippen LogP contribution in [-0.4, -0.2) is 120 Å². The molecule has 2 heterocycles. The summed E-state index contributed by atoms with van der Waals surface area (Å²) in [6.45, 7) is 2.02. The van der Waals surface area contributed by atoms with Crippen molar-refractivity contribution in [1.29, 1.82) is 0 Å². The fourth-order valence-electron chi connectivity index (χ4n) is 7.20. The average molecular weight is 1020 g/mol. The van der Waals surface area contributed by atoms with Gasteiger partial charge < -0.3 is 66.6 Å². The molecule has 396 valence electrons. The molecule has 3 atom stereocenters. The van der Waals surface area contributed by atoms with Crippen molar-refractivity contribution in [2.75, 3.05) is 69.4 Å². The van der Waals surface area contributed by atoms with Crippen LogP contribution in [-0.2, 0) is 48.8 Å². The van der Waals surface area contributed by atoms with Crippen molar-refractivity contribution in [1.82, 2.24) is 35.9 Å². The van der Waals surface area contributed by atoms with Crippen molar-refractivity contribution in [3.05, 3.63) is 41.7 Å². The molecule has 0 aliphatic carbocycles. The number of amides is 2. The van der Waals surface area contributed by atoms with Gasteiger partial charge >= 0.3 is 17.9 Å². The van der Waals surface area contributed by atoms with Gasteiger partial charge in [0.1, 0.15) is 19.3 Å². The van der Waals surface area contributed by atoms with Gasteiger partial charge in [-0.2, -0.15) is 9.97 Å². The van der Waals surface area contributed by atoms with Gasteiger partial charge in [0.05, 0.1) is 38.0 Å². The summed E-state index contributed by atoms with van der Waals surface area (Å²) in [5.41, 5.74) is 17.2. The molecule has 23 nitrogen and oxygen atoms in total. The van der Waals surface area contributed by atoms with Crippen molar-refractivity contribution >= 4 is 66.2 Å². The molecule has 0 spiro atoms. The Kier molecular flexibility index (Phi) is 28.5. The first-order chi connectivity index (χ1) is 34.1. The summed E-state index contributed by atoms with van der Waals surface area (Å²) in [5.74, 6) is -3.51. The number of nitrogens with two attached hydrogens (primary N) is 2. The van der Waals surface area contributed by atoms with Crippen molar-refractivity contribution in [2.24, 2.45) is 0 Å². The third kappa shape index (κ3) is 25.4. The van der Waals surface area contributed by atoms with Gasteiger partial charge in [0.15, 0.2) is 23.1 Å². The van der Waals surface area contributed by atoms with Crippen LogP contribution in [0.15, 0.2) is 30.5 Å². The van der Waals surface area contributed by atoms with Gasteiger partial charge in [0.2, 0.25) is 11.9 Å². The van der Waals surface area contributed by atoms with Crippen molar-refractivity contribution in [2.45, 2.75) is 141 Å². The summed E-state index contributed by atoms with van der Waals surface area (Å²) in [6, 6.07) is 5.12. The maximum atomic E-state index is 13.0. The Hall–Kier alpha value is -5.58. The van der Waals surface area contributed by atoms with Crippen molar-refractivity contribution in [3.63, 3.8) is 0 Å². The fraction of sp³-hybridized carbons (Fsp3) is 0.638. The number of rotatable bonds is 39. The van der Waals surface area contributed by atoms with Gasteiger partial charge in [-0.15, -0.1) is 0 Å². The third-order valence-electron chi connectivity index (χ3n) is 11.1. The summed E-state index contributed by atoms with van der Waals surface area (Å²) in [5, 5.41) is 17.8. The number of ether oxygens (including phenoxy) is 2. The summed E-state index contributed by atoms with van der Waals surface area (Å²) in [4.78, 5) is 93.3. The number of phosphoric acid groups is 1. The van der Waals surface area contributed by atoms with E-state index in [2.05, 4.69) is 53.1 Å². The molecule has 2 amide bonds. The number of carbonyl (C=O) groups excluding carboxylic acids is 4. The minimum absolute atomic E-state index is 0.00775. The van der Waals surface area contributed by atoms with E-state index in [1.807, 2.05) is 11.9 Å². The number of fused-ring (bicyclic) bond motifs is 1. The highest BCUT2D eigenvalue weighted by atomic mass is 31.2. The van der Waals surface area contributed by atoms with Crippen molar-refractivity contribution in [3.8, 4) is 0 Å². The zero-order valence-corrected chi connectivity index (χ0v) is 42.3. The topological polar surface area (TPSA) is 353 Å². The molecule has 3 rings (SSSR count). The van der Waals surface area contributed by atoms with Crippen LogP contribution in [0.2, 0.25) is 0 Å². The summed E-state index contributed by atoms with van der Waals surface area (Å²) >= 11 is 0. The number of nitrogens with one attached hydrogen (secondary N) is 3. The Morgan fingerprint density at radius 1 is 0.817 bits per heavy atom. The van der Waals surface area contributed by atoms with E-state index in [9.17, 15) is 38.5 Å². The number of nitrogen functional groups attached to an aromatic ring is 2. The molecule has 0 saturated carbocycles. The van der Waals surface area contributed by atoms with Crippen LogP contribution in [0.25, 0.3) is 11.2 Å². The number of esters is 2. The lowest BCUT2D eigenvalue weighted by atomic mass is 10.0. The van der Waals surface area contributed by atoms with Crippen LogP contribution in [0.4, 0.5) is 17.5 Å². The summed E-state index contributed by atoms with van der Waals surface area (Å²) < 4.78 is 32.4. The number of aliphatic carboxylic acids is 1. The number of phosphoric ester groups is 1. The van der Waals surface area contributed by atoms with E-state index >= 15 is 0 Å². The largest absolute Gasteiger partial charge is 0.756 e. The monoisotopic (exact) mass is 1020 g/mol. The molecular weight excluding hydrogens is 942 g/mol. The van der Waals surface area contributed by atoms with E-state index < -0.39 is 62.9 Å². The smallest absolute Gasteiger partial charge is 0.326 e. The summed E-state index contributed by atoms with van der Waals surface area (Å²) in [6.07, 6.45) is 16.5. The van der Waals surface area contributed by atoms with E-state index in [1.165, 1.54) is 64.2 Å². The van der Waals surface area contributed by atoms with E-state index in [0.29, 0.717) is 24.2 Å². The minimum Gasteiger partial charge on any atom is -0.756 e. The Morgan fingerprint density at radius 2 is 1.46 bits per heavy atom. The maximum Gasteiger partial charge on any atom is 0.326 e. The van der Waals surface area contributed by atoms with Crippen LogP contribution < -0.4 is 42.9 Å². The number of quaternary nitrogens is 1. The molecule has 11 N–H and O–H groups in total. The number of hydrogen-bond acceptors (Lipinski definition) is 19. The first-order valence-corrected chi connectivity index (χ1v) is 26.2. The highest BCUT2D eigenvalue weighted by Crippen LogP contribution is 2.38. The number of nitrogens with zero attached hydrogens (tertiary/aromatic N) is 5. The molecule has 0 aliphatic heterocycles. The standard InChI is InChI=1S/C47H76N11O12P/c1-3-4-5-6-7-8-9-10-11-12-13-14-15-16-17-40(60)67-32-37(33-69-71(65,66)68-29-25-48)70-41(61)24-26-51-27-28-52-39(59)23-22-38(46(63)64)55-45(62)34-18-20-36(21-19-34)58(2)31-35-30-53-44-42(54-35)43(49)56-47(50)57-44/h18-21,30,37-38,51H,3-17,22-29,31-33,48H2,1-2H3,(H,52,59)(H,55,62)(H,63,64)(H,65,66)(H4,49,50,53,56,57)/t37-,38-/m0/s1. The van der Waals surface area contributed by atoms with Crippen LogP contribution in [0, 0.1) is 0 Å². The number of benzene rings is 1. The van der Waals surface area contributed by atoms with Crippen LogP contribution in [0.5, 0.6) is 0 Å². The lowest BCUT2D eigenvalue weighted by Gasteiger charge is -2.25. The van der Waals surface area contributed by atoms with Gasteiger partial charge in [-0.25, -0.2) is 14.8 Å². The van der Waals surface area contributed by atoms with Crippen LogP contribution in [0.3, 0.4) is 0 Å². The van der Waals surface area contributed by atoms with E-state index in [1.54, 1.807) is 30.5 Å². The fourth-order valence-corrected chi connectivity index (χ4v) is 7.98. The number of carboxylic acid groups (broad SMARTS) is 1.